The van der Waals surface area contributed by atoms with Gasteiger partial charge in [-0.3, -0.25) is 14.6 Å². The third kappa shape index (κ3) is 2.95. The van der Waals surface area contributed by atoms with Gasteiger partial charge in [-0.2, -0.15) is 0 Å². The molecule has 0 spiro atoms. The molecule has 3 aromatic rings. The van der Waals surface area contributed by atoms with Gasteiger partial charge in [0.2, 0.25) is 11.8 Å². The number of carbonyl (C=O) groups excluding carboxylic acids is 2. The maximum absolute atomic E-state index is 13.1. The van der Waals surface area contributed by atoms with Crippen LogP contribution in [0.15, 0.2) is 48.7 Å². The zero-order chi connectivity index (χ0) is 19.1. The fourth-order valence-corrected chi connectivity index (χ4v) is 4.39. The van der Waals surface area contributed by atoms with Crippen molar-refractivity contribution in [2.45, 2.75) is 25.9 Å². The minimum atomic E-state index is -0.261. The summed E-state index contributed by atoms with van der Waals surface area (Å²) < 4.78 is 0. The number of nitrogens with zero attached hydrogens (tertiary/aromatic N) is 3. The molecule has 2 aliphatic heterocycles. The van der Waals surface area contributed by atoms with Crippen molar-refractivity contribution < 1.29 is 9.59 Å². The summed E-state index contributed by atoms with van der Waals surface area (Å²) in [5.74, 6) is -0.135. The molecule has 1 N–H and O–H groups in total. The van der Waals surface area contributed by atoms with Gasteiger partial charge in [-0.25, -0.2) is 0 Å². The summed E-state index contributed by atoms with van der Waals surface area (Å²) in [6.45, 7) is 2.26. The van der Waals surface area contributed by atoms with Gasteiger partial charge in [0, 0.05) is 60.8 Å². The number of pyridine rings is 1. The molecule has 1 atom stereocenters. The molecule has 0 unspecified atom stereocenters. The van der Waals surface area contributed by atoms with Crippen molar-refractivity contribution in [3.05, 3.63) is 65.6 Å². The quantitative estimate of drug-likeness (QED) is 0.766. The molecular weight excluding hydrogens is 352 g/mol. The van der Waals surface area contributed by atoms with Crippen LogP contribution in [0.1, 0.15) is 23.4 Å². The highest BCUT2D eigenvalue weighted by Crippen LogP contribution is 2.30. The first kappa shape index (κ1) is 17.0. The van der Waals surface area contributed by atoms with E-state index in [-0.39, 0.29) is 17.7 Å². The molecule has 2 amide bonds. The summed E-state index contributed by atoms with van der Waals surface area (Å²) in [6, 6.07) is 13.9. The molecule has 1 aromatic carbocycles. The fraction of sp³-hybridized carbons (Fsp3) is 0.318. The highest BCUT2D eigenvalue weighted by Gasteiger charge is 2.37. The van der Waals surface area contributed by atoms with Gasteiger partial charge in [0.05, 0.1) is 18.2 Å². The largest absolute Gasteiger partial charge is 0.358 e. The highest BCUT2D eigenvalue weighted by atomic mass is 16.2. The topological polar surface area (TPSA) is 69.3 Å². The number of benzene rings is 1. The number of carbonyl (C=O) groups is 2. The zero-order valence-corrected chi connectivity index (χ0v) is 15.6. The van der Waals surface area contributed by atoms with Crippen LogP contribution in [0.25, 0.3) is 10.9 Å². The molecule has 0 saturated carbocycles. The Morgan fingerprint density at radius 1 is 1.18 bits per heavy atom. The Kier molecular flexibility index (Phi) is 4.11. The summed E-state index contributed by atoms with van der Waals surface area (Å²) in [5.41, 5.74) is 4.42. The Balaban J connectivity index is 1.30. The van der Waals surface area contributed by atoms with E-state index < -0.39 is 0 Å². The fourth-order valence-electron chi connectivity index (χ4n) is 4.39. The Labute approximate surface area is 163 Å². The summed E-state index contributed by atoms with van der Waals surface area (Å²) in [6.07, 6.45) is 2.85. The molecule has 0 radical (unpaired) electrons. The molecule has 0 bridgehead atoms. The van der Waals surface area contributed by atoms with Gasteiger partial charge in [-0.05, 0) is 18.2 Å². The van der Waals surface area contributed by atoms with Crippen LogP contribution in [0.4, 0.5) is 0 Å². The molecule has 1 saturated heterocycles. The second kappa shape index (κ2) is 6.78. The number of fused-ring (bicyclic) bond motifs is 3. The summed E-state index contributed by atoms with van der Waals surface area (Å²) in [5, 5.41) is 1.19. The van der Waals surface area contributed by atoms with Crippen LogP contribution in [-0.4, -0.2) is 44.7 Å². The average molecular weight is 374 g/mol. The number of para-hydroxylation sites is 1. The number of nitrogens with one attached hydrogen (secondary N) is 1. The Hall–Kier alpha value is -3.15. The van der Waals surface area contributed by atoms with E-state index in [4.69, 9.17) is 0 Å². The maximum Gasteiger partial charge on any atom is 0.228 e. The first-order valence-electron chi connectivity index (χ1n) is 9.74. The molecule has 2 aliphatic rings. The van der Waals surface area contributed by atoms with E-state index in [0.717, 1.165) is 17.6 Å². The van der Waals surface area contributed by atoms with Crippen molar-refractivity contribution in [3.8, 4) is 0 Å². The third-order valence-corrected chi connectivity index (χ3v) is 5.84. The van der Waals surface area contributed by atoms with E-state index in [1.165, 1.54) is 16.6 Å². The lowest BCUT2D eigenvalue weighted by Gasteiger charge is -2.29. The lowest BCUT2D eigenvalue weighted by molar-refractivity contribution is -0.136. The minimum Gasteiger partial charge on any atom is -0.358 e. The van der Waals surface area contributed by atoms with E-state index in [0.29, 0.717) is 32.6 Å². The predicted molar refractivity (Wildman–Crippen MR) is 105 cm³/mol. The van der Waals surface area contributed by atoms with Gasteiger partial charge in [0.15, 0.2) is 0 Å². The second-order valence-electron chi connectivity index (χ2n) is 7.63. The molecule has 2 aromatic heterocycles. The van der Waals surface area contributed by atoms with E-state index in [2.05, 4.69) is 22.1 Å². The molecular formula is C22H22N4O2. The minimum absolute atomic E-state index is 0.0359. The monoisotopic (exact) mass is 374 g/mol. The van der Waals surface area contributed by atoms with Crippen LogP contribution in [0.3, 0.4) is 0 Å². The molecule has 4 heterocycles. The molecule has 1 fully saturated rings. The van der Waals surface area contributed by atoms with Crippen LogP contribution < -0.4 is 0 Å². The molecule has 0 aliphatic carbocycles. The van der Waals surface area contributed by atoms with E-state index in [1.54, 1.807) is 11.1 Å². The van der Waals surface area contributed by atoms with Crippen molar-refractivity contribution in [1.82, 2.24) is 19.8 Å². The molecule has 28 heavy (non-hydrogen) atoms. The zero-order valence-electron chi connectivity index (χ0n) is 15.6. The Morgan fingerprint density at radius 3 is 2.89 bits per heavy atom. The van der Waals surface area contributed by atoms with Crippen LogP contribution in [0, 0.1) is 5.92 Å². The number of hydrogen-bond donors (Lipinski definition) is 1. The maximum atomic E-state index is 13.1. The van der Waals surface area contributed by atoms with Gasteiger partial charge < -0.3 is 14.8 Å². The number of rotatable bonds is 3. The second-order valence-corrected chi connectivity index (χ2v) is 7.63. The van der Waals surface area contributed by atoms with E-state index >= 15 is 0 Å². The highest BCUT2D eigenvalue weighted by molar-refractivity contribution is 5.90. The van der Waals surface area contributed by atoms with Crippen LogP contribution >= 0.6 is 0 Å². The normalized spacial score (nSPS) is 19.3. The molecule has 6 heteroatoms. The van der Waals surface area contributed by atoms with Gasteiger partial charge in [0.1, 0.15) is 0 Å². The average Bonchev–Trinajstić information content (AvgIpc) is 3.28. The van der Waals surface area contributed by atoms with Gasteiger partial charge in [-0.1, -0.05) is 24.3 Å². The first-order valence-corrected chi connectivity index (χ1v) is 9.74. The van der Waals surface area contributed by atoms with Gasteiger partial charge in [-0.15, -0.1) is 0 Å². The van der Waals surface area contributed by atoms with Gasteiger partial charge >= 0.3 is 0 Å². The van der Waals surface area contributed by atoms with Crippen molar-refractivity contribution in [2.24, 2.45) is 5.92 Å². The van der Waals surface area contributed by atoms with Crippen LogP contribution in [-0.2, 0) is 29.1 Å². The van der Waals surface area contributed by atoms with Crippen molar-refractivity contribution in [3.63, 3.8) is 0 Å². The number of amides is 2. The van der Waals surface area contributed by atoms with Crippen LogP contribution in [0.2, 0.25) is 0 Å². The number of hydrogen-bond acceptors (Lipinski definition) is 3. The number of aromatic amines is 1. The lowest BCUT2D eigenvalue weighted by atomic mass is 10.0. The molecule has 6 nitrogen and oxygen atoms in total. The smallest absolute Gasteiger partial charge is 0.228 e. The summed E-state index contributed by atoms with van der Waals surface area (Å²) >= 11 is 0. The molecule has 142 valence electrons. The van der Waals surface area contributed by atoms with Crippen molar-refractivity contribution in [1.29, 1.82) is 0 Å². The van der Waals surface area contributed by atoms with Gasteiger partial charge in [0.25, 0.3) is 0 Å². The predicted octanol–water partition coefficient (Wildman–Crippen LogP) is 2.50. The van der Waals surface area contributed by atoms with E-state index in [9.17, 15) is 9.59 Å². The van der Waals surface area contributed by atoms with E-state index in [1.807, 2.05) is 35.2 Å². The Bertz CT molecular complexity index is 1040. The standard InChI is InChI=1S/C22H22N4O2/c27-21-11-15(12-26(21)13-16-5-3-4-9-23-16)22(28)25-10-8-20-18(14-25)17-6-1-2-7-19(17)24-20/h1-7,9,15,24H,8,10-14H2/t15-/m0/s1. The molecule has 5 rings (SSSR count). The van der Waals surface area contributed by atoms with Crippen molar-refractivity contribution in [2.75, 3.05) is 13.1 Å². The summed E-state index contributed by atoms with van der Waals surface area (Å²) in [7, 11) is 0. The Morgan fingerprint density at radius 2 is 2.04 bits per heavy atom. The van der Waals surface area contributed by atoms with Crippen molar-refractivity contribution >= 4 is 22.7 Å². The first-order chi connectivity index (χ1) is 13.7. The SMILES string of the molecule is O=C1C[C@H](C(=O)N2CCc3[nH]c4ccccc4c3C2)CN1Cc1ccccn1. The number of aromatic nitrogens is 2. The third-order valence-electron chi connectivity index (χ3n) is 5.84. The summed E-state index contributed by atoms with van der Waals surface area (Å²) in [4.78, 5) is 37.0. The number of likely N-dealkylation sites (tertiary alicyclic amines) is 1. The lowest BCUT2D eigenvalue weighted by Crippen LogP contribution is -2.40. The van der Waals surface area contributed by atoms with Crippen LogP contribution in [0.5, 0.6) is 0 Å². The number of H-pyrrole nitrogens is 1.